The van der Waals surface area contributed by atoms with Crippen LogP contribution in [0.5, 0.6) is 0 Å². The average molecular weight is 289 g/mol. The Morgan fingerprint density at radius 3 is 2.48 bits per heavy atom. The smallest absolute Gasteiger partial charge is 0.123 e. The standard InChI is InChI=1S/C19H28FN/c1-14-13-16(20)10-11-17(14)19(21)12-6-5-9-18(19)15-7-3-2-4-8-15/h10-11,13,15,18H,2-9,12,21H2,1H3. The van der Waals surface area contributed by atoms with Crippen molar-refractivity contribution in [1.29, 1.82) is 0 Å². The minimum Gasteiger partial charge on any atom is -0.321 e. The van der Waals surface area contributed by atoms with Crippen LogP contribution in [-0.2, 0) is 5.54 Å². The van der Waals surface area contributed by atoms with E-state index in [1.807, 2.05) is 13.0 Å². The van der Waals surface area contributed by atoms with Crippen LogP contribution in [0.3, 0.4) is 0 Å². The van der Waals surface area contributed by atoms with Crippen LogP contribution < -0.4 is 5.73 Å². The first-order valence-electron chi connectivity index (χ1n) is 8.67. The van der Waals surface area contributed by atoms with E-state index in [2.05, 4.69) is 0 Å². The van der Waals surface area contributed by atoms with E-state index in [1.165, 1.54) is 56.9 Å². The van der Waals surface area contributed by atoms with Crippen LogP contribution in [0.1, 0.15) is 68.9 Å². The van der Waals surface area contributed by atoms with Crippen molar-refractivity contribution in [3.63, 3.8) is 0 Å². The fourth-order valence-electron chi connectivity index (χ4n) is 4.90. The normalized spacial score (nSPS) is 31.3. The number of rotatable bonds is 2. The highest BCUT2D eigenvalue weighted by molar-refractivity contribution is 5.34. The fraction of sp³-hybridized carbons (Fsp3) is 0.684. The summed E-state index contributed by atoms with van der Waals surface area (Å²) in [6, 6.07) is 5.19. The first kappa shape index (κ1) is 15.0. The first-order chi connectivity index (χ1) is 10.1. The summed E-state index contributed by atoms with van der Waals surface area (Å²) >= 11 is 0. The number of nitrogens with two attached hydrogens (primary N) is 1. The van der Waals surface area contributed by atoms with Crippen molar-refractivity contribution >= 4 is 0 Å². The van der Waals surface area contributed by atoms with Crippen LogP contribution in [0.15, 0.2) is 18.2 Å². The SMILES string of the molecule is Cc1cc(F)ccc1C1(N)CCCCC1C1CCCCC1. The Hall–Kier alpha value is -0.890. The molecule has 0 amide bonds. The molecule has 21 heavy (non-hydrogen) atoms. The summed E-state index contributed by atoms with van der Waals surface area (Å²) in [5.41, 5.74) is 8.97. The van der Waals surface area contributed by atoms with Gasteiger partial charge in [0.05, 0.1) is 0 Å². The molecule has 2 atom stereocenters. The van der Waals surface area contributed by atoms with E-state index in [1.54, 1.807) is 12.1 Å². The molecule has 0 radical (unpaired) electrons. The molecule has 0 aromatic heterocycles. The maximum absolute atomic E-state index is 13.5. The van der Waals surface area contributed by atoms with E-state index in [4.69, 9.17) is 5.73 Å². The van der Waals surface area contributed by atoms with Crippen molar-refractivity contribution in [1.82, 2.24) is 0 Å². The van der Waals surface area contributed by atoms with Crippen molar-refractivity contribution in [3.05, 3.63) is 35.1 Å². The Morgan fingerprint density at radius 1 is 1.05 bits per heavy atom. The van der Waals surface area contributed by atoms with Gasteiger partial charge in [-0.25, -0.2) is 4.39 Å². The molecule has 0 bridgehead atoms. The fourth-order valence-corrected chi connectivity index (χ4v) is 4.90. The van der Waals surface area contributed by atoms with Gasteiger partial charge in [0.2, 0.25) is 0 Å². The van der Waals surface area contributed by atoms with Crippen molar-refractivity contribution in [3.8, 4) is 0 Å². The molecule has 2 N–H and O–H groups in total. The second-order valence-corrected chi connectivity index (χ2v) is 7.25. The molecule has 0 spiro atoms. The van der Waals surface area contributed by atoms with Crippen molar-refractivity contribution in [2.45, 2.75) is 70.3 Å². The van der Waals surface area contributed by atoms with E-state index in [0.29, 0.717) is 5.92 Å². The van der Waals surface area contributed by atoms with Crippen LogP contribution in [0.25, 0.3) is 0 Å². The van der Waals surface area contributed by atoms with Crippen LogP contribution in [0, 0.1) is 24.6 Å². The third kappa shape index (κ3) is 2.88. The molecule has 2 aliphatic carbocycles. The number of hydrogen-bond donors (Lipinski definition) is 1. The van der Waals surface area contributed by atoms with Gasteiger partial charge in [-0.15, -0.1) is 0 Å². The summed E-state index contributed by atoms with van der Waals surface area (Å²) in [5.74, 6) is 1.20. The van der Waals surface area contributed by atoms with Crippen molar-refractivity contribution in [2.24, 2.45) is 17.6 Å². The van der Waals surface area contributed by atoms with Crippen LogP contribution in [0.4, 0.5) is 4.39 Å². The van der Waals surface area contributed by atoms with E-state index in [0.717, 1.165) is 17.9 Å². The van der Waals surface area contributed by atoms with Gasteiger partial charge in [-0.2, -0.15) is 0 Å². The zero-order valence-corrected chi connectivity index (χ0v) is 13.2. The quantitative estimate of drug-likeness (QED) is 0.809. The predicted molar refractivity (Wildman–Crippen MR) is 85.5 cm³/mol. The van der Waals surface area contributed by atoms with E-state index in [-0.39, 0.29) is 11.4 Å². The molecule has 0 aliphatic heterocycles. The maximum Gasteiger partial charge on any atom is 0.123 e. The van der Waals surface area contributed by atoms with Crippen LogP contribution in [0.2, 0.25) is 0 Å². The number of aryl methyl sites for hydroxylation is 1. The molecule has 0 saturated heterocycles. The molecule has 2 aliphatic rings. The van der Waals surface area contributed by atoms with Gasteiger partial charge in [0, 0.05) is 5.54 Å². The Kier molecular flexibility index (Phi) is 4.35. The van der Waals surface area contributed by atoms with E-state index < -0.39 is 0 Å². The summed E-state index contributed by atoms with van der Waals surface area (Å²) in [7, 11) is 0. The van der Waals surface area contributed by atoms with Gasteiger partial charge >= 0.3 is 0 Å². The lowest BCUT2D eigenvalue weighted by molar-refractivity contribution is 0.0981. The molecular weight excluding hydrogens is 261 g/mol. The Bertz CT molecular complexity index is 492. The number of hydrogen-bond acceptors (Lipinski definition) is 1. The average Bonchev–Trinajstić information content (AvgIpc) is 2.48. The number of halogens is 1. The van der Waals surface area contributed by atoms with Crippen LogP contribution >= 0.6 is 0 Å². The molecule has 0 heterocycles. The predicted octanol–water partition coefficient (Wildman–Crippen LogP) is 5.06. The largest absolute Gasteiger partial charge is 0.321 e. The summed E-state index contributed by atoms with van der Waals surface area (Å²) < 4.78 is 13.5. The summed E-state index contributed by atoms with van der Waals surface area (Å²) in [5, 5.41) is 0. The highest BCUT2D eigenvalue weighted by atomic mass is 19.1. The molecule has 2 heteroatoms. The van der Waals surface area contributed by atoms with Crippen molar-refractivity contribution in [2.75, 3.05) is 0 Å². The van der Waals surface area contributed by atoms with Gasteiger partial charge in [0.25, 0.3) is 0 Å². The Balaban J connectivity index is 1.94. The minimum atomic E-state index is -0.238. The van der Waals surface area contributed by atoms with E-state index >= 15 is 0 Å². The highest BCUT2D eigenvalue weighted by Crippen LogP contribution is 2.48. The second-order valence-electron chi connectivity index (χ2n) is 7.25. The molecule has 2 fully saturated rings. The molecule has 3 rings (SSSR count). The van der Waals surface area contributed by atoms with Gasteiger partial charge in [0.1, 0.15) is 5.82 Å². The topological polar surface area (TPSA) is 26.0 Å². The number of benzene rings is 1. The summed E-state index contributed by atoms with van der Waals surface area (Å²) in [6.07, 6.45) is 11.6. The van der Waals surface area contributed by atoms with Gasteiger partial charge in [-0.1, -0.05) is 51.0 Å². The highest BCUT2D eigenvalue weighted by Gasteiger charge is 2.43. The lowest BCUT2D eigenvalue weighted by atomic mass is 9.61. The monoisotopic (exact) mass is 289 g/mol. The first-order valence-corrected chi connectivity index (χ1v) is 8.67. The molecule has 2 unspecified atom stereocenters. The van der Waals surface area contributed by atoms with Crippen molar-refractivity contribution < 1.29 is 4.39 Å². The van der Waals surface area contributed by atoms with Gasteiger partial charge in [-0.3, -0.25) is 0 Å². The third-order valence-electron chi connectivity index (χ3n) is 5.93. The molecular formula is C19H28FN. The minimum absolute atomic E-state index is 0.148. The molecule has 2 saturated carbocycles. The molecule has 1 aromatic carbocycles. The van der Waals surface area contributed by atoms with Gasteiger partial charge in [-0.05, 0) is 54.9 Å². The van der Waals surface area contributed by atoms with Crippen LogP contribution in [-0.4, -0.2) is 0 Å². The Morgan fingerprint density at radius 2 is 1.76 bits per heavy atom. The van der Waals surface area contributed by atoms with Gasteiger partial charge < -0.3 is 5.73 Å². The second kappa shape index (κ2) is 6.08. The molecule has 1 nitrogen and oxygen atoms in total. The van der Waals surface area contributed by atoms with E-state index in [9.17, 15) is 4.39 Å². The lowest BCUT2D eigenvalue weighted by Gasteiger charge is -2.47. The molecule has 1 aromatic rings. The van der Waals surface area contributed by atoms with Gasteiger partial charge in [0.15, 0.2) is 0 Å². The zero-order chi connectivity index (χ0) is 14.9. The Labute approximate surface area is 128 Å². The summed E-state index contributed by atoms with van der Waals surface area (Å²) in [4.78, 5) is 0. The molecule has 116 valence electrons. The third-order valence-corrected chi connectivity index (χ3v) is 5.93. The zero-order valence-electron chi connectivity index (χ0n) is 13.2. The maximum atomic E-state index is 13.5. The summed E-state index contributed by atoms with van der Waals surface area (Å²) in [6.45, 7) is 2.01. The lowest BCUT2D eigenvalue weighted by Crippen LogP contribution is -2.50.